The van der Waals surface area contributed by atoms with Gasteiger partial charge in [0.2, 0.25) is 5.71 Å². The zero-order valence-corrected chi connectivity index (χ0v) is 17.8. The number of aromatic nitrogens is 2. The molecule has 0 bridgehead atoms. The third kappa shape index (κ3) is 3.89. The normalized spacial score (nSPS) is 14.6. The second kappa shape index (κ2) is 8.55. The molecule has 33 heavy (non-hydrogen) atoms. The lowest BCUT2D eigenvalue weighted by atomic mass is 9.72. The maximum atomic E-state index is 11.3. The van der Waals surface area contributed by atoms with Crippen LogP contribution in [0.15, 0.2) is 65.2 Å². The number of nitrogens with one attached hydrogen (secondary N) is 1. The van der Waals surface area contributed by atoms with Crippen molar-refractivity contribution in [2.24, 2.45) is 0 Å². The van der Waals surface area contributed by atoms with E-state index in [1.54, 1.807) is 6.20 Å². The molecular formula is C25H23N3O5. The number of hydrogen-bond donors (Lipinski definition) is 3. The van der Waals surface area contributed by atoms with E-state index in [9.17, 15) is 9.90 Å². The Labute approximate surface area is 189 Å². The molecule has 0 saturated heterocycles. The molecule has 168 valence electrons. The van der Waals surface area contributed by atoms with Crippen molar-refractivity contribution in [2.75, 3.05) is 13.2 Å². The number of benzene rings is 2. The van der Waals surface area contributed by atoms with Gasteiger partial charge in [0.05, 0.1) is 17.5 Å². The van der Waals surface area contributed by atoms with Gasteiger partial charge in [-0.05, 0) is 30.4 Å². The maximum absolute atomic E-state index is 11.3. The van der Waals surface area contributed by atoms with E-state index < -0.39 is 11.6 Å². The van der Waals surface area contributed by atoms with Crippen LogP contribution in [0.4, 0.5) is 4.79 Å². The fourth-order valence-electron chi connectivity index (χ4n) is 4.33. The van der Waals surface area contributed by atoms with Crippen LogP contribution in [0.3, 0.4) is 0 Å². The van der Waals surface area contributed by atoms with E-state index in [-0.39, 0.29) is 19.2 Å². The van der Waals surface area contributed by atoms with E-state index >= 15 is 0 Å². The molecule has 5 rings (SSSR count). The number of hydrogen-bond acceptors (Lipinski definition) is 6. The smallest absolute Gasteiger partial charge is 0.405 e. The Morgan fingerprint density at radius 3 is 2.48 bits per heavy atom. The van der Waals surface area contributed by atoms with Crippen LogP contribution < -0.4 is 10.1 Å². The summed E-state index contributed by atoms with van der Waals surface area (Å²) in [5.74, 6) is 0.644. The van der Waals surface area contributed by atoms with Gasteiger partial charge in [-0.1, -0.05) is 54.6 Å². The van der Waals surface area contributed by atoms with Crippen LogP contribution >= 0.6 is 0 Å². The lowest BCUT2D eigenvalue weighted by molar-refractivity contribution is 0.144. The average molecular weight is 445 g/mol. The molecule has 0 unspecified atom stereocenters. The summed E-state index contributed by atoms with van der Waals surface area (Å²) in [6.07, 6.45) is 3.21. The van der Waals surface area contributed by atoms with Gasteiger partial charge in [0.1, 0.15) is 12.4 Å². The van der Waals surface area contributed by atoms with Gasteiger partial charge >= 0.3 is 12.1 Å². The summed E-state index contributed by atoms with van der Waals surface area (Å²) in [6, 6.07) is 17.8. The number of carbonyl (C=O) groups is 1. The van der Waals surface area contributed by atoms with E-state index in [2.05, 4.69) is 15.3 Å². The first-order valence-electron chi connectivity index (χ1n) is 10.8. The molecule has 1 aliphatic rings. The molecule has 3 N–H and O–H groups in total. The van der Waals surface area contributed by atoms with Gasteiger partial charge in [-0.25, -0.2) is 9.78 Å². The number of nitrogens with zero attached hydrogens (tertiary/aromatic N) is 2. The highest BCUT2D eigenvalue weighted by Crippen LogP contribution is 2.44. The molecule has 0 aliphatic heterocycles. The zero-order chi connectivity index (χ0) is 22.8. The summed E-state index contributed by atoms with van der Waals surface area (Å²) in [7, 11) is 0. The standard InChI is InChI=1S/C25H23N3O5/c29-13-14-32-23-26-15-19-20(16-5-2-1-3-6-16)21(33-22(19)27-23)17-7-9-18(10-8-17)25(11-4-12-25)28-24(30)31/h1-3,5-10,15,28-29H,4,11-14H2,(H,30,31). The first-order valence-corrected chi connectivity index (χ1v) is 10.8. The minimum absolute atomic E-state index is 0.0954. The molecule has 0 radical (unpaired) electrons. The van der Waals surface area contributed by atoms with Crippen molar-refractivity contribution in [3.8, 4) is 28.5 Å². The van der Waals surface area contributed by atoms with Gasteiger partial charge in [-0.15, -0.1) is 0 Å². The highest BCUT2D eigenvalue weighted by molar-refractivity contribution is 6.00. The fraction of sp³-hybridized carbons (Fsp3) is 0.240. The maximum Gasteiger partial charge on any atom is 0.405 e. The Kier molecular flexibility index (Phi) is 5.43. The number of aliphatic hydroxyl groups is 1. The monoisotopic (exact) mass is 445 g/mol. The van der Waals surface area contributed by atoms with Crippen LogP contribution in [-0.4, -0.2) is 39.5 Å². The summed E-state index contributed by atoms with van der Waals surface area (Å²) < 4.78 is 11.5. The minimum Gasteiger partial charge on any atom is -0.465 e. The Bertz CT molecular complexity index is 1280. The predicted octanol–water partition coefficient (Wildman–Crippen LogP) is 4.57. The van der Waals surface area contributed by atoms with Crippen molar-refractivity contribution in [3.05, 3.63) is 66.4 Å². The number of fused-ring (bicyclic) bond motifs is 1. The fourth-order valence-corrected chi connectivity index (χ4v) is 4.33. The highest BCUT2D eigenvalue weighted by atomic mass is 16.5. The van der Waals surface area contributed by atoms with Crippen LogP contribution in [-0.2, 0) is 5.54 Å². The van der Waals surface area contributed by atoms with E-state index in [1.165, 1.54) is 0 Å². The van der Waals surface area contributed by atoms with Crippen molar-refractivity contribution >= 4 is 17.2 Å². The van der Waals surface area contributed by atoms with Crippen molar-refractivity contribution in [2.45, 2.75) is 24.8 Å². The molecule has 2 heterocycles. The van der Waals surface area contributed by atoms with Crippen LogP contribution in [0.5, 0.6) is 6.01 Å². The number of ether oxygens (including phenoxy) is 1. The van der Waals surface area contributed by atoms with Crippen molar-refractivity contribution in [1.29, 1.82) is 0 Å². The Morgan fingerprint density at radius 1 is 1.09 bits per heavy atom. The largest absolute Gasteiger partial charge is 0.465 e. The zero-order valence-electron chi connectivity index (χ0n) is 17.8. The number of rotatable bonds is 7. The first kappa shape index (κ1) is 21.0. The Balaban J connectivity index is 1.59. The van der Waals surface area contributed by atoms with E-state index in [0.29, 0.717) is 11.5 Å². The lowest BCUT2D eigenvalue weighted by Crippen LogP contribution is -2.50. The molecule has 4 aromatic rings. The molecule has 1 aliphatic carbocycles. The van der Waals surface area contributed by atoms with Gasteiger partial charge in [0.15, 0.2) is 0 Å². The third-order valence-electron chi connectivity index (χ3n) is 6.06. The van der Waals surface area contributed by atoms with Gasteiger partial charge in [0, 0.05) is 17.3 Å². The van der Waals surface area contributed by atoms with Crippen LogP contribution in [0.25, 0.3) is 33.6 Å². The molecule has 1 amide bonds. The SMILES string of the molecule is O=C(O)NC1(c2ccc(-c3oc4nc(OCCO)ncc4c3-c3ccccc3)cc2)CCC1. The summed E-state index contributed by atoms with van der Waals surface area (Å²) >= 11 is 0. The predicted molar refractivity (Wildman–Crippen MR) is 122 cm³/mol. The molecule has 2 aromatic carbocycles. The second-order valence-electron chi connectivity index (χ2n) is 8.06. The van der Waals surface area contributed by atoms with E-state index in [0.717, 1.165) is 46.9 Å². The summed E-state index contributed by atoms with van der Waals surface area (Å²) in [6.45, 7) is -0.0388. The van der Waals surface area contributed by atoms with Crippen LogP contribution in [0.1, 0.15) is 24.8 Å². The van der Waals surface area contributed by atoms with Crippen LogP contribution in [0.2, 0.25) is 0 Å². The number of amides is 1. The minimum atomic E-state index is -1.01. The molecule has 1 fully saturated rings. The Morgan fingerprint density at radius 2 is 1.85 bits per heavy atom. The van der Waals surface area contributed by atoms with Crippen molar-refractivity contribution < 1.29 is 24.2 Å². The molecule has 8 nitrogen and oxygen atoms in total. The van der Waals surface area contributed by atoms with Crippen LogP contribution in [0, 0.1) is 0 Å². The number of carboxylic acid groups (broad SMARTS) is 1. The summed E-state index contributed by atoms with van der Waals surface area (Å²) in [5, 5.41) is 21.7. The lowest BCUT2D eigenvalue weighted by Gasteiger charge is -2.42. The third-order valence-corrected chi connectivity index (χ3v) is 6.06. The molecule has 8 heteroatoms. The van der Waals surface area contributed by atoms with Gasteiger partial charge in [0.25, 0.3) is 0 Å². The quantitative estimate of drug-likeness (QED) is 0.381. The van der Waals surface area contributed by atoms with Gasteiger partial charge in [-0.2, -0.15) is 4.98 Å². The molecular weight excluding hydrogens is 422 g/mol. The second-order valence-corrected chi connectivity index (χ2v) is 8.06. The topological polar surface area (TPSA) is 118 Å². The summed E-state index contributed by atoms with van der Waals surface area (Å²) in [5.41, 5.74) is 3.49. The van der Waals surface area contributed by atoms with Gasteiger partial charge < -0.3 is 24.7 Å². The Hall–Kier alpha value is -3.91. The average Bonchev–Trinajstić information content (AvgIpc) is 3.19. The molecule has 0 atom stereocenters. The van der Waals surface area contributed by atoms with E-state index in [1.807, 2.05) is 54.6 Å². The highest BCUT2D eigenvalue weighted by Gasteiger charge is 2.40. The number of aliphatic hydroxyl groups excluding tert-OH is 1. The number of furan rings is 1. The summed E-state index contributed by atoms with van der Waals surface area (Å²) in [4.78, 5) is 19.9. The first-order chi connectivity index (χ1) is 16.1. The van der Waals surface area contributed by atoms with Gasteiger partial charge in [-0.3, -0.25) is 0 Å². The van der Waals surface area contributed by atoms with E-state index in [4.69, 9.17) is 14.3 Å². The molecule has 0 spiro atoms. The molecule has 2 aromatic heterocycles. The molecule has 1 saturated carbocycles. The van der Waals surface area contributed by atoms with Crippen molar-refractivity contribution in [3.63, 3.8) is 0 Å². The van der Waals surface area contributed by atoms with Crippen molar-refractivity contribution in [1.82, 2.24) is 15.3 Å².